The van der Waals surface area contributed by atoms with Crippen LogP contribution in [0.1, 0.15) is 41.6 Å². The van der Waals surface area contributed by atoms with Gasteiger partial charge in [-0.05, 0) is 25.0 Å². The van der Waals surface area contributed by atoms with E-state index >= 15 is 4.39 Å². The topological polar surface area (TPSA) is 92.9 Å². The van der Waals surface area contributed by atoms with E-state index in [4.69, 9.17) is 5.73 Å². The monoisotopic (exact) mass is 397 g/mol. The minimum absolute atomic E-state index is 0.0154. The van der Waals surface area contributed by atoms with Crippen molar-refractivity contribution < 1.29 is 9.18 Å². The Bertz CT molecular complexity index is 1050. The molecule has 1 fully saturated rings. The molecule has 1 aliphatic carbocycles. The summed E-state index contributed by atoms with van der Waals surface area (Å²) in [6, 6.07) is 3.84. The third-order valence-corrected chi connectivity index (χ3v) is 6.70. The van der Waals surface area contributed by atoms with Gasteiger partial charge < -0.3 is 16.4 Å². The van der Waals surface area contributed by atoms with Crippen LogP contribution >= 0.6 is 11.3 Å². The Morgan fingerprint density at radius 2 is 2.18 bits per heavy atom. The second-order valence-corrected chi connectivity index (χ2v) is 8.47. The van der Waals surface area contributed by atoms with Gasteiger partial charge in [-0.1, -0.05) is 12.8 Å². The number of nitrogens with one attached hydrogen (secondary N) is 2. The van der Waals surface area contributed by atoms with E-state index in [1.54, 1.807) is 12.4 Å². The highest BCUT2D eigenvalue weighted by Crippen LogP contribution is 2.38. The Balaban J connectivity index is 1.63. The maximum Gasteiger partial charge on any atom is 0.254 e. The normalized spacial score (nSPS) is 21.6. The number of fused-ring (bicyclic) bond motifs is 2. The quantitative estimate of drug-likeness (QED) is 0.630. The number of carbonyl (C=O) groups excluding carboxylic acids is 1. The Morgan fingerprint density at radius 1 is 1.32 bits per heavy atom. The molecule has 2 atom stereocenters. The molecule has 1 aliphatic heterocycles. The van der Waals surface area contributed by atoms with Gasteiger partial charge in [-0.25, -0.2) is 9.37 Å². The summed E-state index contributed by atoms with van der Waals surface area (Å²) in [6.45, 7) is 0.174. The van der Waals surface area contributed by atoms with Crippen LogP contribution in [-0.4, -0.2) is 28.0 Å². The molecule has 5 rings (SSSR count). The summed E-state index contributed by atoms with van der Waals surface area (Å²) in [7, 11) is 0. The maximum atomic E-state index is 15.2. The van der Waals surface area contributed by atoms with Gasteiger partial charge in [0.1, 0.15) is 0 Å². The fourth-order valence-corrected chi connectivity index (χ4v) is 5.09. The van der Waals surface area contributed by atoms with E-state index in [0.29, 0.717) is 16.8 Å². The van der Waals surface area contributed by atoms with E-state index in [0.717, 1.165) is 40.6 Å². The molecular formula is C20H20FN5OS. The van der Waals surface area contributed by atoms with Crippen molar-refractivity contribution in [3.63, 3.8) is 0 Å². The highest BCUT2D eigenvalue weighted by Gasteiger charge is 2.32. The Hall–Kier alpha value is -2.58. The Labute approximate surface area is 165 Å². The zero-order valence-corrected chi connectivity index (χ0v) is 16.0. The summed E-state index contributed by atoms with van der Waals surface area (Å²) >= 11 is 1.52. The molecule has 3 aromatic heterocycles. The van der Waals surface area contributed by atoms with Gasteiger partial charge in [0.25, 0.3) is 5.91 Å². The first kappa shape index (κ1) is 17.5. The lowest BCUT2D eigenvalue weighted by Gasteiger charge is -2.30. The van der Waals surface area contributed by atoms with E-state index in [1.807, 2.05) is 12.1 Å². The number of nitrogens with two attached hydrogens (primary N) is 1. The number of halogens is 1. The maximum absolute atomic E-state index is 15.2. The number of amides is 1. The predicted octanol–water partition coefficient (Wildman–Crippen LogP) is 3.42. The third kappa shape index (κ3) is 2.84. The Morgan fingerprint density at radius 3 is 3.00 bits per heavy atom. The molecule has 8 heteroatoms. The molecule has 0 aromatic carbocycles. The molecule has 0 bridgehead atoms. The van der Waals surface area contributed by atoms with Gasteiger partial charge >= 0.3 is 0 Å². The number of hydrogen-bond acceptors (Lipinski definition) is 6. The van der Waals surface area contributed by atoms with Crippen molar-refractivity contribution in [2.24, 2.45) is 5.73 Å². The molecule has 0 radical (unpaired) electrons. The number of carbonyl (C=O) groups is 1. The first-order valence-corrected chi connectivity index (χ1v) is 10.3. The number of anilines is 1. The molecular weight excluding hydrogens is 377 g/mol. The van der Waals surface area contributed by atoms with Crippen molar-refractivity contribution in [1.82, 2.24) is 15.3 Å². The summed E-state index contributed by atoms with van der Waals surface area (Å²) in [5, 5.41) is 6.94. The van der Waals surface area contributed by atoms with Crippen molar-refractivity contribution in [3.05, 3.63) is 41.5 Å². The minimum atomic E-state index is -0.461. The van der Waals surface area contributed by atoms with E-state index in [2.05, 4.69) is 20.6 Å². The molecule has 3 aromatic rings. The van der Waals surface area contributed by atoms with E-state index in [1.165, 1.54) is 11.3 Å². The molecule has 2 aliphatic rings. The van der Waals surface area contributed by atoms with Crippen LogP contribution in [0.25, 0.3) is 20.7 Å². The molecule has 0 spiro atoms. The first-order valence-electron chi connectivity index (χ1n) is 9.48. The summed E-state index contributed by atoms with van der Waals surface area (Å²) in [5.74, 6) is -0.561. The lowest BCUT2D eigenvalue weighted by molar-refractivity contribution is 0.0966. The molecule has 4 heterocycles. The van der Waals surface area contributed by atoms with E-state index in [9.17, 15) is 4.79 Å². The highest BCUT2D eigenvalue weighted by molar-refractivity contribution is 7.22. The van der Waals surface area contributed by atoms with Gasteiger partial charge in [-0.2, -0.15) is 0 Å². The molecule has 6 nitrogen and oxygen atoms in total. The summed E-state index contributed by atoms with van der Waals surface area (Å²) < 4.78 is 16.2. The van der Waals surface area contributed by atoms with Crippen LogP contribution in [0.2, 0.25) is 0 Å². The van der Waals surface area contributed by atoms with Crippen LogP contribution in [0.5, 0.6) is 0 Å². The average Bonchev–Trinajstić information content (AvgIpc) is 3.30. The standard InChI is InChI=1S/C20H20FN5OS/c21-17-11-9-24-20(27)16(11)18(15-7-10-8-23-6-5-14(10)28-15)26-19(17)25-13-4-2-1-3-12(13)22/h5-8,12-13H,1-4,9,22H2,(H,24,27)(H,25,26). The van der Waals surface area contributed by atoms with Gasteiger partial charge in [0, 0.05) is 46.7 Å². The highest BCUT2D eigenvalue weighted by atomic mass is 32.1. The van der Waals surface area contributed by atoms with E-state index < -0.39 is 5.82 Å². The van der Waals surface area contributed by atoms with Crippen molar-refractivity contribution in [2.45, 2.75) is 44.3 Å². The molecule has 1 amide bonds. The zero-order valence-electron chi connectivity index (χ0n) is 15.2. The second-order valence-electron chi connectivity index (χ2n) is 7.38. The SMILES string of the molecule is NC1CCCCC1Nc1nc(-c2cc3cnccc3s2)c2c(c1F)CNC2=O. The lowest BCUT2D eigenvalue weighted by atomic mass is 9.91. The fraction of sp³-hybridized carbons (Fsp3) is 0.350. The van der Waals surface area contributed by atoms with Gasteiger partial charge in [0.15, 0.2) is 11.6 Å². The van der Waals surface area contributed by atoms with Crippen LogP contribution in [0.4, 0.5) is 10.2 Å². The van der Waals surface area contributed by atoms with Crippen LogP contribution < -0.4 is 16.4 Å². The van der Waals surface area contributed by atoms with Crippen molar-refractivity contribution in [2.75, 3.05) is 5.32 Å². The fourth-order valence-electron chi connectivity index (χ4n) is 4.07. The minimum Gasteiger partial charge on any atom is -0.363 e. The van der Waals surface area contributed by atoms with Gasteiger partial charge in [0.05, 0.1) is 16.1 Å². The molecule has 0 saturated heterocycles. The van der Waals surface area contributed by atoms with Crippen LogP contribution in [-0.2, 0) is 6.54 Å². The zero-order chi connectivity index (χ0) is 19.3. The van der Waals surface area contributed by atoms with Crippen LogP contribution in [0.15, 0.2) is 24.5 Å². The van der Waals surface area contributed by atoms with Crippen molar-refractivity contribution in [3.8, 4) is 10.6 Å². The summed E-state index contributed by atoms with van der Waals surface area (Å²) in [6.07, 6.45) is 7.47. The molecule has 2 unspecified atom stereocenters. The number of aromatic nitrogens is 2. The van der Waals surface area contributed by atoms with Crippen LogP contribution in [0, 0.1) is 5.82 Å². The Kier molecular flexibility index (Phi) is 4.25. The molecule has 28 heavy (non-hydrogen) atoms. The van der Waals surface area contributed by atoms with Crippen molar-refractivity contribution in [1.29, 1.82) is 0 Å². The summed E-state index contributed by atoms with van der Waals surface area (Å²) in [4.78, 5) is 22.0. The third-order valence-electron chi connectivity index (χ3n) is 5.58. The number of nitrogens with zero attached hydrogens (tertiary/aromatic N) is 2. The van der Waals surface area contributed by atoms with Gasteiger partial charge in [0.2, 0.25) is 0 Å². The van der Waals surface area contributed by atoms with Gasteiger partial charge in [-0.3, -0.25) is 9.78 Å². The number of hydrogen-bond donors (Lipinski definition) is 3. The average molecular weight is 397 g/mol. The number of rotatable bonds is 3. The first-order chi connectivity index (χ1) is 13.6. The van der Waals surface area contributed by atoms with Crippen LogP contribution in [0.3, 0.4) is 0 Å². The lowest BCUT2D eigenvalue weighted by Crippen LogP contribution is -2.43. The predicted molar refractivity (Wildman–Crippen MR) is 108 cm³/mol. The van der Waals surface area contributed by atoms with Crippen molar-refractivity contribution >= 4 is 33.1 Å². The molecule has 144 valence electrons. The largest absolute Gasteiger partial charge is 0.363 e. The summed E-state index contributed by atoms with van der Waals surface area (Å²) in [5.41, 5.74) is 7.44. The molecule has 1 saturated carbocycles. The van der Waals surface area contributed by atoms with E-state index in [-0.39, 0.29) is 30.4 Å². The molecule has 4 N–H and O–H groups in total. The second kappa shape index (κ2) is 6.79. The smallest absolute Gasteiger partial charge is 0.254 e. The number of thiophene rings is 1. The number of pyridine rings is 2. The van der Waals surface area contributed by atoms with Gasteiger partial charge in [-0.15, -0.1) is 11.3 Å².